The number of hydrogen-bond donors (Lipinski definition) is 5. The molecule has 2 amide bonds. The number of carbonyl (C=O) groups excluding carboxylic acids is 2. The molecular weight excluding hydrogens is 630 g/mol. The second-order valence-corrected chi connectivity index (χ2v) is 12.7. The van der Waals surface area contributed by atoms with Gasteiger partial charge in [0.1, 0.15) is 24.3 Å². The minimum atomic E-state index is -4.36. The van der Waals surface area contributed by atoms with Crippen LogP contribution in [0.15, 0.2) is 34.1 Å². The molecule has 2 rings (SSSR count). The highest BCUT2D eigenvalue weighted by atomic mass is 31.2. The summed E-state index contributed by atoms with van der Waals surface area (Å²) in [6.07, 6.45) is 1.04. The third kappa shape index (κ3) is 15.1. The molecule has 0 aliphatic heterocycles. The topological polar surface area (TPSA) is 260 Å². The predicted octanol–water partition coefficient (Wildman–Crippen LogP) is 0.155. The van der Waals surface area contributed by atoms with Gasteiger partial charge in [0.2, 0.25) is 11.8 Å². The molecule has 44 heavy (non-hydrogen) atoms. The second-order valence-electron chi connectivity index (χ2n) is 8.92. The Morgan fingerprint density at radius 1 is 0.864 bits per heavy atom. The molecule has 2 heterocycles. The molecule has 21 heteroatoms. The van der Waals surface area contributed by atoms with Crippen LogP contribution in [-0.4, -0.2) is 91.5 Å². The summed E-state index contributed by atoms with van der Waals surface area (Å²) < 4.78 is 45.0. The van der Waals surface area contributed by atoms with Crippen molar-refractivity contribution in [3.05, 3.63) is 45.5 Å². The van der Waals surface area contributed by atoms with Crippen LogP contribution in [0.2, 0.25) is 0 Å². The number of aliphatic hydroxyl groups is 1. The predicted molar refractivity (Wildman–Crippen MR) is 156 cm³/mol. The van der Waals surface area contributed by atoms with Gasteiger partial charge in [0.15, 0.2) is 0 Å². The lowest BCUT2D eigenvalue weighted by atomic mass is 10.3. The van der Waals surface area contributed by atoms with Crippen LogP contribution in [0.1, 0.15) is 27.2 Å². The number of hydrogen-bond acceptors (Lipinski definition) is 13. The van der Waals surface area contributed by atoms with Crippen LogP contribution in [0.25, 0.3) is 0 Å². The van der Waals surface area contributed by atoms with E-state index in [-0.39, 0.29) is 49.0 Å². The Bertz CT molecular complexity index is 1440. The minimum Gasteiger partial charge on any atom is -0.394 e. The molecule has 2 aromatic rings. The Kier molecular flexibility index (Phi) is 16.5. The van der Waals surface area contributed by atoms with Crippen molar-refractivity contribution in [2.24, 2.45) is 0 Å². The summed E-state index contributed by atoms with van der Waals surface area (Å²) >= 11 is 0. The highest BCUT2D eigenvalue weighted by molar-refractivity contribution is 7.53. The standard InChI is InChI=1S/C13H22N3O6P.C10H16N3O7P/c1-5-11(22-9-23(19,20-3)21-4)8-16-7-6-12(14-10(2)17)15-13(16)18;1-7(15)11-9-2-3-13(10(16)12-9)4-8(5-14)20-6-21(17,18)19/h6-7,11H,5,8-9H2,1-4H3,(H,14,15,17,18);2-3,8,14H,4-6H2,1H3,(H2,17,18,19)(H,11,12,15,16). The number of nitrogens with zero attached hydrogens (tertiary/aromatic N) is 4. The summed E-state index contributed by atoms with van der Waals surface area (Å²) in [5, 5.41) is 13.9. The SMILES string of the molecule is CC(=O)Nc1ccn(CC(CO)OCP(=O)(O)O)c(=O)n1.CCC(Cn1ccc(NC(C)=O)nc1=O)OCP(=O)(OC)OC. The number of ether oxygens (including phenoxy) is 2. The van der Waals surface area contributed by atoms with Crippen LogP contribution in [0.3, 0.4) is 0 Å². The molecule has 0 aromatic carbocycles. The van der Waals surface area contributed by atoms with Crippen LogP contribution in [0, 0.1) is 0 Å². The Morgan fingerprint density at radius 3 is 1.64 bits per heavy atom. The first-order valence-corrected chi connectivity index (χ1v) is 16.4. The summed E-state index contributed by atoms with van der Waals surface area (Å²) in [4.78, 5) is 70.1. The van der Waals surface area contributed by atoms with Gasteiger partial charge >= 0.3 is 26.6 Å². The maximum atomic E-state index is 11.9. The fourth-order valence-electron chi connectivity index (χ4n) is 3.12. The molecular formula is C23H38N6O13P2. The normalized spacial score (nSPS) is 12.9. The molecule has 0 saturated heterocycles. The number of amides is 2. The molecule has 0 fully saturated rings. The zero-order valence-electron chi connectivity index (χ0n) is 24.8. The fraction of sp³-hybridized carbons (Fsp3) is 0.565. The molecule has 2 aromatic heterocycles. The second kappa shape index (κ2) is 18.6. The van der Waals surface area contributed by atoms with Crippen molar-refractivity contribution in [2.75, 3.05) is 44.2 Å². The van der Waals surface area contributed by atoms with Crippen LogP contribution >= 0.6 is 15.2 Å². The first-order chi connectivity index (χ1) is 20.5. The molecule has 2 unspecified atom stereocenters. The van der Waals surface area contributed by atoms with E-state index < -0.39 is 45.6 Å². The van der Waals surface area contributed by atoms with E-state index in [0.717, 1.165) is 4.57 Å². The van der Waals surface area contributed by atoms with Gasteiger partial charge in [-0.15, -0.1) is 0 Å². The van der Waals surface area contributed by atoms with Crippen LogP contribution in [0.5, 0.6) is 0 Å². The van der Waals surface area contributed by atoms with Crippen molar-refractivity contribution in [1.82, 2.24) is 19.1 Å². The van der Waals surface area contributed by atoms with Crippen molar-refractivity contribution in [1.29, 1.82) is 0 Å². The van der Waals surface area contributed by atoms with Crippen molar-refractivity contribution < 1.29 is 52.1 Å². The monoisotopic (exact) mass is 668 g/mol. The van der Waals surface area contributed by atoms with E-state index in [1.165, 1.54) is 57.2 Å². The Morgan fingerprint density at radius 2 is 1.30 bits per heavy atom. The lowest BCUT2D eigenvalue weighted by Gasteiger charge is -2.20. The smallest absolute Gasteiger partial charge is 0.355 e. The summed E-state index contributed by atoms with van der Waals surface area (Å²) in [5.74, 6) is -0.409. The zero-order chi connectivity index (χ0) is 33.5. The molecule has 0 radical (unpaired) electrons. The van der Waals surface area contributed by atoms with E-state index in [0.29, 0.717) is 6.42 Å². The number of rotatable bonds is 16. The summed E-state index contributed by atoms with van der Waals surface area (Å²) in [6.45, 7) is 4.04. The van der Waals surface area contributed by atoms with Crippen molar-refractivity contribution >= 4 is 38.6 Å². The van der Waals surface area contributed by atoms with Gasteiger partial charge in [-0.2, -0.15) is 9.97 Å². The average molecular weight is 669 g/mol. The molecule has 0 aliphatic carbocycles. The van der Waals surface area contributed by atoms with Crippen LogP contribution < -0.4 is 22.0 Å². The summed E-state index contributed by atoms with van der Waals surface area (Å²) in [7, 11) is -5.06. The van der Waals surface area contributed by atoms with Crippen molar-refractivity contribution in [3.8, 4) is 0 Å². The molecule has 0 saturated carbocycles. The van der Waals surface area contributed by atoms with E-state index in [4.69, 9.17) is 33.4 Å². The molecule has 0 spiro atoms. The van der Waals surface area contributed by atoms with E-state index in [1.807, 2.05) is 6.92 Å². The Hall–Kier alpha value is -3.12. The molecule has 5 N–H and O–H groups in total. The van der Waals surface area contributed by atoms with Crippen molar-refractivity contribution in [2.45, 2.75) is 52.5 Å². The largest absolute Gasteiger partial charge is 0.394 e. The Labute approximate surface area is 252 Å². The first-order valence-electron chi connectivity index (χ1n) is 12.8. The number of aliphatic hydroxyl groups excluding tert-OH is 1. The average Bonchev–Trinajstić information content (AvgIpc) is 2.94. The molecule has 0 bridgehead atoms. The molecule has 0 aliphatic rings. The number of carbonyl (C=O) groups is 2. The highest BCUT2D eigenvalue weighted by Gasteiger charge is 2.24. The lowest BCUT2D eigenvalue weighted by molar-refractivity contribution is -0.115. The first kappa shape index (κ1) is 38.9. The molecule has 19 nitrogen and oxygen atoms in total. The van der Waals surface area contributed by atoms with Gasteiger partial charge in [-0.05, 0) is 18.6 Å². The van der Waals surface area contributed by atoms with Crippen LogP contribution in [0.4, 0.5) is 11.6 Å². The molecule has 248 valence electrons. The van der Waals surface area contributed by atoms with Crippen LogP contribution in [-0.2, 0) is 50.3 Å². The van der Waals surface area contributed by atoms with Gasteiger partial charge in [0.25, 0.3) is 0 Å². The van der Waals surface area contributed by atoms with E-state index >= 15 is 0 Å². The number of nitrogens with one attached hydrogen (secondary N) is 2. The Balaban J connectivity index is 0.000000442. The summed E-state index contributed by atoms with van der Waals surface area (Å²) in [6, 6.07) is 2.89. The fourth-order valence-corrected chi connectivity index (χ4v) is 4.27. The third-order valence-electron chi connectivity index (χ3n) is 5.32. The lowest BCUT2D eigenvalue weighted by Crippen LogP contribution is -2.32. The highest BCUT2D eigenvalue weighted by Crippen LogP contribution is 2.46. The zero-order valence-corrected chi connectivity index (χ0v) is 26.6. The third-order valence-corrected chi connectivity index (χ3v) is 7.38. The van der Waals surface area contributed by atoms with E-state index in [1.54, 1.807) is 0 Å². The van der Waals surface area contributed by atoms with Crippen molar-refractivity contribution in [3.63, 3.8) is 0 Å². The van der Waals surface area contributed by atoms with Gasteiger partial charge in [-0.1, -0.05) is 6.92 Å². The van der Waals surface area contributed by atoms with Gasteiger partial charge < -0.3 is 44.0 Å². The minimum absolute atomic E-state index is 0.0837. The van der Waals surface area contributed by atoms with E-state index in [9.17, 15) is 28.3 Å². The number of anilines is 2. The maximum absolute atomic E-state index is 11.9. The van der Waals surface area contributed by atoms with Gasteiger partial charge in [-0.25, -0.2) is 9.59 Å². The molecule has 2 atom stereocenters. The summed E-state index contributed by atoms with van der Waals surface area (Å²) in [5.41, 5.74) is -1.21. The van der Waals surface area contributed by atoms with Gasteiger partial charge in [0, 0.05) is 40.5 Å². The maximum Gasteiger partial charge on any atom is 0.355 e. The quantitative estimate of drug-likeness (QED) is 0.149. The number of aromatic nitrogens is 4. The van der Waals surface area contributed by atoms with E-state index in [2.05, 4.69) is 20.6 Å². The van der Waals surface area contributed by atoms with Gasteiger partial charge in [0.05, 0.1) is 31.9 Å². The van der Waals surface area contributed by atoms with Gasteiger partial charge in [-0.3, -0.25) is 27.9 Å².